The number of nitrogens with zero attached hydrogens (tertiary/aromatic N) is 1. The van der Waals surface area contributed by atoms with Gasteiger partial charge in [0.05, 0.1) is 12.6 Å². The van der Waals surface area contributed by atoms with E-state index in [1.54, 1.807) is 7.11 Å². The lowest BCUT2D eigenvalue weighted by molar-refractivity contribution is 0.413. The minimum absolute atomic E-state index is 0.124. The van der Waals surface area contributed by atoms with Crippen LogP contribution in [0.3, 0.4) is 0 Å². The quantitative estimate of drug-likeness (QED) is 0.595. The second-order valence-corrected chi connectivity index (χ2v) is 5.92. The Morgan fingerprint density at radius 3 is 2.96 bits per heavy atom. The second kappa shape index (κ2) is 7.13. The number of hydrogen-bond donors (Lipinski definition) is 3. The number of fused-ring (bicyclic) bond motifs is 1. The highest BCUT2D eigenvalue weighted by Crippen LogP contribution is 2.21. The Bertz CT molecular complexity index is 926. The summed E-state index contributed by atoms with van der Waals surface area (Å²) in [7, 11) is 1.67. The van der Waals surface area contributed by atoms with Gasteiger partial charge in [0.2, 0.25) is 0 Å². The van der Waals surface area contributed by atoms with Crippen molar-refractivity contribution in [1.29, 1.82) is 0 Å². The third kappa shape index (κ3) is 3.83. The van der Waals surface area contributed by atoms with Crippen molar-refractivity contribution in [1.82, 2.24) is 15.5 Å². The molecule has 0 aliphatic rings. The van der Waals surface area contributed by atoms with Crippen LogP contribution in [0.1, 0.15) is 24.1 Å². The van der Waals surface area contributed by atoms with Gasteiger partial charge >= 0.3 is 0 Å². The third-order valence-electron chi connectivity index (χ3n) is 4.09. The number of rotatable bonds is 6. The van der Waals surface area contributed by atoms with E-state index in [1.165, 1.54) is 0 Å². The van der Waals surface area contributed by atoms with Gasteiger partial charge in [-0.3, -0.25) is 5.10 Å². The predicted molar refractivity (Wildman–Crippen MR) is 103 cm³/mol. The second-order valence-electron chi connectivity index (χ2n) is 5.92. The molecule has 0 aliphatic carbocycles. The zero-order valence-electron chi connectivity index (χ0n) is 14.4. The molecule has 0 fully saturated rings. The van der Waals surface area contributed by atoms with E-state index in [9.17, 15) is 0 Å². The molecule has 2 aromatic carbocycles. The summed E-state index contributed by atoms with van der Waals surface area (Å²) in [5.41, 5.74) is 9.79. The molecule has 0 radical (unpaired) electrons. The number of nitrogens with one attached hydrogen (secondary N) is 2. The standard InChI is InChI=1S/C20H22N4O/c1-13(22-14(2)16-5-4-6-17(12-16)25-3)7-8-15-9-10-19-18(11-15)20(21)24-23-19/h4-12,14,22H,1H2,2-3H3,(H3,21,23,24)/b8-7+/t14-/m1/s1. The monoisotopic (exact) mass is 334 g/mol. The van der Waals surface area contributed by atoms with Crippen LogP contribution in [0.25, 0.3) is 17.0 Å². The summed E-state index contributed by atoms with van der Waals surface area (Å²) in [6.07, 6.45) is 3.95. The van der Waals surface area contributed by atoms with E-state index < -0.39 is 0 Å². The average molecular weight is 334 g/mol. The maximum Gasteiger partial charge on any atom is 0.153 e. The van der Waals surface area contributed by atoms with Gasteiger partial charge in [-0.1, -0.05) is 30.9 Å². The van der Waals surface area contributed by atoms with Gasteiger partial charge in [-0.25, -0.2) is 0 Å². The van der Waals surface area contributed by atoms with Crippen LogP contribution in [0.5, 0.6) is 5.75 Å². The van der Waals surface area contributed by atoms with Gasteiger partial charge < -0.3 is 15.8 Å². The number of methoxy groups -OCH3 is 1. The smallest absolute Gasteiger partial charge is 0.153 e. The number of benzene rings is 2. The van der Waals surface area contributed by atoms with Crippen LogP contribution >= 0.6 is 0 Å². The summed E-state index contributed by atoms with van der Waals surface area (Å²) in [4.78, 5) is 0. The first-order valence-electron chi connectivity index (χ1n) is 8.08. The molecule has 128 valence electrons. The van der Waals surface area contributed by atoms with Gasteiger partial charge in [-0.2, -0.15) is 5.10 Å². The van der Waals surface area contributed by atoms with Crippen LogP contribution < -0.4 is 15.8 Å². The van der Waals surface area contributed by atoms with Gasteiger partial charge in [0, 0.05) is 17.1 Å². The minimum atomic E-state index is 0.124. The summed E-state index contributed by atoms with van der Waals surface area (Å²) in [5, 5.41) is 11.2. The number of ether oxygens (including phenoxy) is 1. The van der Waals surface area contributed by atoms with Crippen molar-refractivity contribution in [2.24, 2.45) is 0 Å². The van der Waals surface area contributed by atoms with E-state index in [4.69, 9.17) is 10.5 Å². The molecular formula is C20H22N4O. The summed E-state index contributed by atoms with van der Waals surface area (Å²) in [6.45, 7) is 6.16. The van der Waals surface area contributed by atoms with Crippen molar-refractivity contribution in [2.45, 2.75) is 13.0 Å². The van der Waals surface area contributed by atoms with Crippen molar-refractivity contribution in [2.75, 3.05) is 12.8 Å². The first-order valence-corrected chi connectivity index (χ1v) is 8.08. The number of aromatic amines is 1. The van der Waals surface area contributed by atoms with E-state index in [1.807, 2.05) is 48.6 Å². The van der Waals surface area contributed by atoms with Crippen LogP contribution in [0, 0.1) is 0 Å². The lowest BCUT2D eigenvalue weighted by atomic mass is 10.1. The van der Waals surface area contributed by atoms with Crippen LogP contribution in [-0.2, 0) is 0 Å². The first-order chi connectivity index (χ1) is 12.1. The topological polar surface area (TPSA) is 76.0 Å². The van der Waals surface area contributed by atoms with Crippen LogP contribution in [-0.4, -0.2) is 17.3 Å². The van der Waals surface area contributed by atoms with E-state index in [2.05, 4.69) is 35.1 Å². The molecule has 0 saturated heterocycles. The lowest BCUT2D eigenvalue weighted by Crippen LogP contribution is -2.16. The van der Waals surface area contributed by atoms with Crippen LogP contribution in [0.4, 0.5) is 5.82 Å². The summed E-state index contributed by atoms with van der Waals surface area (Å²) >= 11 is 0. The molecule has 1 atom stereocenters. The Balaban J connectivity index is 1.68. The highest BCUT2D eigenvalue weighted by molar-refractivity contribution is 5.90. The number of nitrogen functional groups attached to an aromatic ring is 1. The molecule has 0 unspecified atom stereocenters. The molecule has 0 aliphatic heterocycles. The molecule has 4 N–H and O–H groups in total. The summed E-state index contributed by atoms with van der Waals surface area (Å²) in [5.74, 6) is 1.35. The van der Waals surface area contributed by atoms with Gasteiger partial charge in [0.1, 0.15) is 5.75 Å². The Morgan fingerprint density at radius 2 is 2.16 bits per heavy atom. The maximum atomic E-state index is 5.85. The fourth-order valence-electron chi connectivity index (χ4n) is 2.67. The average Bonchev–Trinajstić information content (AvgIpc) is 3.00. The Hall–Kier alpha value is -3.21. The molecule has 5 heteroatoms. The summed E-state index contributed by atoms with van der Waals surface area (Å²) < 4.78 is 5.27. The zero-order valence-corrected chi connectivity index (χ0v) is 14.4. The normalized spacial score (nSPS) is 12.4. The van der Waals surface area contributed by atoms with Gasteiger partial charge in [-0.15, -0.1) is 0 Å². The van der Waals surface area contributed by atoms with Gasteiger partial charge in [0.15, 0.2) is 5.82 Å². The molecule has 3 aromatic rings. The highest BCUT2D eigenvalue weighted by atomic mass is 16.5. The van der Waals surface area contributed by atoms with Gasteiger partial charge in [-0.05, 0) is 48.4 Å². The van der Waals surface area contributed by atoms with Crippen molar-refractivity contribution >= 4 is 22.8 Å². The Labute approximate surface area is 147 Å². The first kappa shape index (κ1) is 16.6. The fraction of sp³-hybridized carbons (Fsp3) is 0.150. The molecule has 0 bridgehead atoms. The molecule has 1 aromatic heterocycles. The predicted octanol–water partition coefficient (Wildman–Crippen LogP) is 4.03. The van der Waals surface area contributed by atoms with E-state index in [-0.39, 0.29) is 6.04 Å². The number of H-pyrrole nitrogens is 1. The molecule has 0 saturated carbocycles. The molecule has 0 amide bonds. The summed E-state index contributed by atoms with van der Waals surface area (Å²) in [6, 6.07) is 14.1. The van der Waals surface area contributed by atoms with Crippen LogP contribution in [0.2, 0.25) is 0 Å². The molecule has 5 nitrogen and oxygen atoms in total. The molecule has 3 rings (SSSR count). The fourth-order valence-corrected chi connectivity index (χ4v) is 2.67. The lowest BCUT2D eigenvalue weighted by Gasteiger charge is -2.16. The Kier molecular flexibility index (Phi) is 4.75. The van der Waals surface area contributed by atoms with Gasteiger partial charge in [0.25, 0.3) is 0 Å². The molecule has 0 spiro atoms. The van der Waals surface area contributed by atoms with Crippen LogP contribution in [0.15, 0.2) is 60.8 Å². The Morgan fingerprint density at radius 1 is 1.32 bits per heavy atom. The number of nitrogens with two attached hydrogens (primary N) is 1. The zero-order chi connectivity index (χ0) is 17.8. The number of anilines is 1. The molecule has 1 heterocycles. The van der Waals surface area contributed by atoms with E-state index in [0.29, 0.717) is 5.82 Å². The van der Waals surface area contributed by atoms with Crippen molar-refractivity contribution < 1.29 is 4.74 Å². The molecule has 25 heavy (non-hydrogen) atoms. The van der Waals surface area contributed by atoms with E-state index in [0.717, 1.165) is 33.5 Å². The maximum absolute atomic E-state index is 5.85. The highest BCUT2D eigenvalue weighted by Gasteiger charge is 2.06. The third-order valence-corrected chi connectivity index (χ3v) is 4.09. The molecular weight excluding hydrogens is 312 g/mol. The van der Waals surface area contributed by atoms with Crippen molar-refractivity contribution in [3.63, 3.8) is 0 Å². The number of allylic oxidation sites excluding steroid dienone is 1. The number of hydrogen-bond acceptors (Lipinski definition) is 4. The number of aromatic nitrogens is 2. The largest absolute Gasteiger partial charge is 0.497 e. The van der Waals surface area contributed by atoms with Crippen molar-refractivity contribution in [3.8, 4) is 5.75 Å². The SMILES string of the molecule is C=C(/C=C/c1ccc2[nH]nc(N)c2c1)N[C@H](C)c1cccc(OC)c1. The van der Waals surface area contributed by atoms with E-state index >= 15 is 0 Å². The minimum Gasteiger partial charge on any atom is -0.497 e. The van der Waals surface area contributed by atoms with Crippen molar-refractivity contribution in [3.05, 3.63) is 71.9 Å².